The van der Waals surface area contributed by atoms with Gasteiger partial charge in [-0.3, -0.25) is 9.69 Å². The standard InChI is InChI=1S/C24H33FN2O3/c25-17-6-7-22-19(12-17)23-21(15-30-22)20(24(28)26-18-4-2-1-3-5-18)14-27(23)13-16-8-10-29-11-9-16/h6-7,12,16,18,20-21,23H,1-5,8-11,13-15H2,(H,26,28)/t20-,21+,23+/m1/s1. The Hall–Kier alpha value is -1.66. The van der Waals surface area contributed by atoms with Gasteiger partial charge in [-0.05, 0) is 49.8 Å². The van der Waals surface area contributed by atoms with Crippen LogP contribution in [-0.4, -0.2) is 49.8 Å². The molecule has 3 atom stereocenters. The number of nitrogens with one attached hydrogen (secondary N) is 1. The second-order valence-electron chi connectivity index (χ2n) is 9.56. The van der Waals surface area contributed by atoms with Crippen molar-refractivity contribution in [3.8, 4) is 5.75 Å². The summed E-state index contributed by atoms with van der Waals surface area (Å²) in [7, 11) is 0. The molecule has 0 bridgehead atoms. The van der Waals surface area contributed by atoms with Crippen LogP contribution in [0.2, 0.25) is 0 Å². The van der Waals surface area contributed by atoms with Gasteiger partial charge in [0.05, 0.1) is 12.5 Å². The zero-order chi connectivity index (χ0) is 20.5. The molecule has 3 heterocycles. The zero-order valence-corrected chi connectivity index (χ0v) is 17.7. The molecule has 0 unspecified atom stereocenters. The molecule has 1 amide bonds. The number of ether oxygens (including phenoxy) is 2. The number of benzene rings is 1. The van der Waals surface area contributed by atoms with E-state index in [1.165, 1.54) is 25.3 Å². The Kier molecular flexibility index (Phi) is 5.96. The maximum absolute atomic E-state index is 14.1. The molecule has 164 valence electrons. The Morgan fingerprint density at radius 1 is 1.13 bits per heavy atom. The predicted molar refractivity (Wildman–Crippen MR) is 112 cm³/mol. The highest BCUT2D eigenvalue weighted by Gasteiger charge is 2.49. The second-order valence-corrected chi connectivity index (χ2v) is 9.56. The topological polar surface area (TPSA) is 50.8 Å². The van der Waals surface area contributed by atoms with Crippen LogP contribution in [0.1, 0.15) is 56.6 Å². The van der Waals surface area contributed by atoms with Gasteiger partial charge < -0.3 is 14.8 Å². The number of carbonyl (C=O) groups excluding carboxylic acids is 1. The summed E-state index contributed by atoms with van der Waals surface area (Å²) in [6.45, 7) is 3.81. The first-order chi connectivity index (χ1) is 14.7. The normalized spacial score (nSPS) is 30.4. The highest BCUT2D eigenvalue weighted by atomic mass is 19.1. The Morgan fingerprint density at radius 2 is 1.93 bits per heavy atom. The van der Waals surface area contributed by atoms with Crippen LogP contribution in [0.3, 0.4) is 0 Å². The molecular formula is C24H33FN2O3. The van der Waals surface area contributed by atoms with Gasteiger partial charge in [-0.1, -0.05) is 19.3 Å². The number of halogens is 1. The summed E-state index contributed by atoms with van der Waals surface area (Å²) < 4.78 is 25.7. The molecule has 1 aromatic rings. The van der Waals surface area contributed by atoms with Crippen LogP contribution in [0, 0.1) is 23.6 Å². The average molecular weight is 417 g/mol. The molecule has 5 nitrogen and oxygen atoms in total. The van der Waals surface area contributed by atoms with Crippen LogP contribution in [0.4, 0.5) is 4.39 Å². The number of rotatable bonds is 4. The average Bonchev–Trinajstić information content (AvgIpc) is 3.14. The van der Waals surface area contributed by atoms with Crippen molar-refractivity contribution >= 4 is 5.91 Å². The molecular weight excluding hydrogens is 383 g/mol. The first-order valence-corrected chi connectivity index (χ1v) is 11.7. The summed E-state index contributed by atoms with van der Waals surface area (Å²) in [4.78, 5) is 15.7. The quantitative estimate of drug-likeness (QED) is 0.814. The lowest BCUT2D eigenvalue weighted by Crippen LogP contribution is -2.43. The highest BCUT2D eigenvalue weighted by molar-refractivity contribution is 5.80. The molecule has 0 aromatic heterocycles. The van der Waals surface area contributed by atoms with Crippen LogP contribution in [0.25, 0.3) is 0 Å². The maximum atomic E-state index is 14.1. The lowest BCUT2D eigenvalue weighted by Gasteiger charge is -2.36. The van der Waals surface area contributed by atoms with Gasteiger partial charge in [-0.2, -0.15) is 0 Å². The lowest BCUT2D eigenvalue weighted by molar-refractivity contribution is -0.127. The molecule has 2 saturated heterocycles. The van der Waals surface area contributed by atoms with E-state index in [9.17, 15) is 9.18 Å². The minimum Gasteiger partial charge on any atom is -0.493 e. The summed E-state index contributed by atoms with van der Waals surface area (Å²) in [6, 6.07) is 5.18. The molecule has 1 aromatic carbocycles. The Bertz CT molecular complexity index is 761. The molecule has 0 radical (unpaired) electrons. The van der Waals surface area contributed by atoms with Crippen molar-refractivity contribution < 1.29 is 18.7 Å². The molecule has 3 aliphatic heterocycles. The van der Waals surface area contributed by atoms with E-state index >= 15 is 0 Å². The minimum atomic E-state index is -0.237. The van der Waals surface area contributed by atoms with Crippen molar-refractivity contribution in [2.75, 3.05) is 32.9 Å². The number of carbonyl (C=O) groups is 1. The van der Waals surface area contributed by atoms with E-state index in [2.05, 4.69) is 10.2 Å². The molecule has 6 heteroatoms. The van der Waals surface area contributed by atoms with Crippen molar-refractivity contribution in [2.24, 2.45) is 17.8 Å². The van der Waals surface area contributed by atoms with Crippen molar-refractivity contribution in [1.82, 2.24) is 10.2 Å². The number of fused-ring (bicyclic) bond motifs is 3. The molecule has 4 aliphatic rings. The smallest absolute Gasteiger partial charge is 0.225 e. The van der Waals surface area contributed by atoms with Gasteiger partial charge >= 0.3 is 0 Å². The first kappa shape index (κ1) is 20.3. The van der Waals surface area contributed by atoms with Gasteiger partial charge in [0.1, 0.15) is 11.6 Å². The summed E-state index contributed by atoms with van der Waals surface area (Å²) >= 11 is 0. The molecule has 1 aliphatic carbocycles. The van der Waals surface area contributed by atoms with E-state index in [0.29, 0.717) is 18.6 Å². The summed E-state index contributed by atoms with van der Waals surface area (Å²) in [6.07, 6.45) is 7.96. The number of hydrogen-bond donors (Lipinski definition) is 1. The second kappa shape index (κ2) is 8.83. The van der Waals surface area contributed by atoms with E-state index in [1.54, 1.807) is 12.1 Å². The van der Waals surface area contributed by atoms with Crippen molar-refractivity contribution in [1.29, 1.82) is 0 Å². The van der Waals surface area contributed by atoms with Crippen LogP contribution >= 0.6 is 0 Å². The van der Waals surface area contributed by atoms with Crippen LogP contribution < -0.4 is 10.1 Å². The van der Waals surface area contributed by atoms with Gasteiger partial charge in [-0.15, -0.1) is 0 Å². The van der Waals surface area contributed by atoms with E-state index in [4.69, 9.17) is 9.47 Å². The zero-order valence-electron chi connectivity index (χ0n) is 17.7. The fourth-order valence-electron chi connectivity index (χ4n) is 5.98. The largest absolute Gasteiger partial charge is 0.493 e. The van der Waals surface area contributed by atoms with Gasteiger partial charge in [0.25, 0.3) is 0 Å². The maximum Gasteiger partial charge on any atom is 0.225 e. The van der Waals surface area contributed by atoms with Crippen molar-refractivity contribution in [3.63, 3.8) is 0 Å². The number of likely N-dealkylation sites (tertiary alicyclic amines) is 1. The minimum absolute atomic E-state index is 0.0504. The Labute approximate surface area is 178 Å². The van der Waals surface area contributed by atoms with Crippen LogP contribution in [0.5, 0.6) is 5.75 Å². The SMILES string of the molecule is O=C(NC1CCCCC1)[C@@H]1CN(CC2CCOCC2)[C@H]2c3cc(F)ccc3OC[C@@H]12. The van der Waals surface area contributed by atoms with Crippen molar-refractivity contribution in [3.05, 3.63) is 29.6 Å². The third-order valence-electron chi connectivity index (χ3n) is 7.59. The molecule has 1 saturated carbocycles. The van der Waals surface area contributed by atoms with Gasteiger partial charge in [-0.25, -0.2) is 4.39 Å². The van der Waals surface area contributed by atoms with Gasteiger partial charge in [0.2, 0.25) is 5.91 Å². The van der Waals surface area contributed by atoms with E-state index in [1.807, 2.05) is 0 Å². The molecule has 0 spiro atoms. The molecule has 30 heavy (non-hydrogen) atoms. The Balaban J connectivity index is 1.38. The van der Waals surface area contributed by atoms with Gasteiger partial charge in [0, 0.05) is 49.9 Å². The third kappa shape index (κ3) is 4.09. The number of amides is 1. The van der Waals surface area contributed by atoms with E-state index in [0.717, 1.165) is 63.3 Å². The van der Waals surface area contributed by atoms with Crippen molar-refractivity contribution in [2.45, 2.75) is 57.0 Å². The van der Waals surface area contributed by atoms with Crippen LogP contribution in [-0.2, 0) is 9.53 Å². The highest BCUT2D eigenvalue weighted by Crippen LogP contribution is 2.48. The lowest BCUT2D eigenvalue weighted by atomic mass is 9.84. The summed E-state index contributed by atoms with van der Waals surface area (Å²) in [5.74, 6) is 1.23. The number of hydrogen-bond acceptors (Lipinski definition) is 4. The van der Waals surface area contributed by atoms with Crippen LogP contribution in [0.15, 0.2) is 18.2 Å². The fraction of sp³-hybridized carbons (Fsp3) is 0.708. The molecule has 1 N–H and O–H groups in total. The van der Waals surface area contributed by atoms with E-state index in [-0.39, 0.29) is 29.6 Å². The summed E-state index contributed by atoms with van der Waals surface area (Å²) in [5, 5.41) is 3.34. The Morgan fingerprint density at radius 3 is 2.73 bits per heavy atom. The first-order valence-electron chi connectivity index (χ1n) is 11.7. The monoisotopic (exact) mass is 416 g/mol. The molecule has 3 fully saturated rings. The molecule has 5 rings (SSSR count). The third-order valence-corrected chi connectivity index (χ3v) is 7.59. The van der Waals surface area contributed by atoms with E-state index < -0.39 is 0 Å². The predicted octanol–water partition coefficient (Wildman–Crippen LogP) is 3.68. The summed E-state index contributed by atoms with van der Waals surface area (Å²) in [5.41, 5.74) is 0.909. The fourth-order valence-corrected chi connectivity index (χ4v) is 5.98. The van der Waals surface area contributed by atoms with Gasteiger partial charge in [0.15, 0.2) is 0 Å². The number of nitrogens with zero attached hydrogens (tertiary/aromatic N) is 1.